The number of nitrogens with zero attached hydrogens (tertiary/aromatic N) is 4. The van der Waals surface area contributed by atoms with Gasteiger partial charge in [0, 0.05) is 38.8 Å². The van der Waals surface area contributed by atoms with Gasteiger partial charge in [0.2, 0.25) is 5.95 Å². The van der Waals surface area contributed by atoms with E-state index in [9.17, 15) is 9.90 Å². The second kappa shape index (κ2) is 9.00. The quantitative estimate of drug-likeness (QED) is 0.696. The summed E-state index contributed by atoms with van der Waals surface area (Å²) in [4.78, 5) is 26.1. The van der Waals surface area contributed by atoms with Crippen molar-refractivity contribution in [2.45, 2.75) is 44.8 Å². The number of hydrogen-bond acceptors (Lipinski definition) is 6. The number of aliphatic hydroxyl groups is 1. The Morgan fingerprint density at radius 1 is 1.27 bits per heavy atom. The highest BCUT2D eigenvalue weighted by Gasteiger charge is 2.30. The van der Waals surface area contributed by atoms with Crippen LogP contribution in [-0.2, 0) is 6.42 Å². The molecule has 7 heteroatoms. The van der Waals surface area contributed by atoms with Crippen LogP contribution in [0, 0.1) is 5.92 Å². The van der Waals surface area contributed by atoms with Gasteiger partial charge in [0.05, 0.1) is 6.10 Å². The van der Waals surface area contributed by atoms with Crippen LogP contribution in [0.5, 0.6) is 0 Å². The Morgan fingerprint density at radius 2 is 2.03 bits per heavy atom. The minimum atomic E-state index is -0.374. The van der Waals surface area contributed by atoms with E-state index in [1.165, 1.54) is 18.4 Å². The van der Waals surface area contributed by atoms with Crippen molar-refractivity contribution in [2.24, 2.45) is 5.92 Å². The van der Waals surface area contributed by atoms with Crippen LogP contribution in [0.3, 0.4) is 0 Å². The molecule has 1 amide bonds. The number of anilines is 2. The third kappa shape index (κ3) is 5.08. The van der Waals surface area contributed by atoms with E-state index in [1.54, 1.807) is 6.07 Å². The molecule has 7 nitrogen and oxygen atoms in total. The Kier molecular flexibility index (Phi) is 6.18. The number of carbonyl (C=O) groups excluding carboxylic acids is 1. The summed E-state index contributed by atoms with van der Waals surface area (Å²) in [5.41, 5.74) is 1.63. The van der Waals surface area contributed by atoms with Crippen LogP contribution < -0.4 is 15.1 Å². The zero-order valence-electron chi connectivity index (χ0n) is 17.8. The van der Waals surface area contributed by atoms with Crippen molar-refractivity contribution in [2.75, 3.05) is 36.5 Å². The van der Waals surface area contributed by atoms with Crippen LogP contribution in [0.2, 0.25) is 0 Å². The predicted octanol–water partition coefficient (Wildman–Crippen LogP) is 2.25. The van der Waals surface area contributed by atoms with Crippen molar-refractivity contribution in [3.8, 4) is 0 Å². The van der Waals surface area contributed by atoms with Gasteiger partial charge in [0.1, 0.15) is 11.5 Å². The Morgan fingerprint density at radius 3 is 2.70 bits per heavy atom. The Hall–Kier alpha value is -2.67. The highest BCUT2D eigenvalue weighted by Crippen LogP contribution is 2.28. The normalized spacial score (nSPS) is 21.0. The molecule has 0 radical (unpaired) electrons. The number of rotatable bonds is 8. The van der Waals surface area contributed by atoms with Crippen LogP contribution in [0.15, 0.2) is 36.4 Å². The van der Waals surface area contributed by atoms with E-state index in [1.807, 2.05) is 30.1 Å². The molecule has 30 heavy (non-hydrogen) atoms. The number of amides is 1. The molecule has 160 valence electrons. The van der Waals surface area contributed by atoms with Crippen molar-refractivity contribution in [1.29, 1.82) is 0 Å². The van der Waals surface area contributed by atoms with Crippen LogP contribution in [-0.4, -0.2) is 59.8 Å². The maximum atomic E-state index is 12.8. The summed E-state index contributed by atoms with van der Waals surface area (Å²) >= 11 is 0. The first-order valence-corrected chi connectivity index (χ1v) is 10.9. The van der Waals surface area contributed by atoms with E-state index in [4.69, 9.17) is 4.98 Å². The standard InChI is InChI=1S/C23H31N5O2/c1-16-12-19(29)15-28(16)21-13-20(22(30)24-14-18-8-9-18)25-23(26-21)27(2)11-10-17-6-4-3-5-7-17/h3-7,13,16,18-19,29H,8-12,14-15H2,1-2H3,(H,24,30). The maximum Gasteiger partial charge on any atom is 0.270 e. The molecule has 4 rings (SSSR count). The van der Waals surface area contributed by atoms with Gasteiger partial charge >= 0.3 is 0 Å². The molecule has 2 heterocycles. The molecule has 1 aromatic carbocycles. The SMILES string of the molecule is CC1CC(O)CN1c1cc(C(=O)NCC2CC2)nc(N(C)CCc2ccccc2)n1. The fraction of sp³-hybridized carbons (Fsp3) is 0.522. The lowest BCUT2D eigenvalue weighted by Crippen LogP contribution is -2.32. The van der Waals surface area contributed by atoms with Gasteiger partial charge in [0.15, 0.2) is 0 Å². The average molecular weight is 410 g/mol. The summed E-state index contributed by atoms with van der Waals surface area (Å²) < 4.78 is 0. The molecule has 2 unspecified atom stereocenters. The predicted molar refractivity (Wildman–Crippen MR) is 118 cm³/mol. The van der Waals surface area contributed by atoms with Crippen LogP contribution in [0.4, 0.5) is 11.8 Å². The Balaban J connectivity index is 1.54. The highest BCUT2D eigenvalue weighted by molar-refractivity contribution is 5.93. The second-order valence-corrected chi connectivity index (χ2v) is 8.61. The summed E-state index contributed by atoms with van der Waals surface area (Å²) in [5, 5.41) is 13.1. The lowest BCUT2D eigenvalue weighted by Gasteiger charge is -2.25. The summed E-state index contributed by atoms with van der Waals surface area (Å²) in [7, 11) is 1.95. The van der Waals surface area contributed by atoms with Crippen LogP contribution in [0.1, 0.15) is 42.2 Å². The number of benzene rings is 1. The Labute approximate surface area is 178 Å². The molecule has 0 bridgehead atoms. The van der Waals surface area contributed by atoms with Gasteiger partial charge < -0.3 is 20.2 Å². The average Bonchev–Trinajstić information content (AvgIpc) is 3.52. The fourth-order valence-electron chi connectivity index (χ4n) is 3.87. The van der Waals surface area contributed by atoms with E-state index in [0.717, 1.165) is 13.0 Å². The molecular weight excluding hydrogens is 378 g/mol. The van der Waals surface area contributed by atoms with E-state index in [0.29, 0.717) is 42.9 Å². The largest absolute Gasteiger partial charge is 0.391 e. The molecule has 2 N–H and O–H groups in total. The van der Waals surface area contributed by atoms with Crippen molar-refractivity contribution in [1.82, 2.24) is 15.3 Å². The fourth-order valence-corrected chi connectivity index (χ4v) is 3.87. The second-order valence-electron chi connectivity index (χ2n) is 8.61. The zero-order chi connectivity index (χ0) is 21.1. The van der Waals surface area contributed by atoms with Gasteiger partial charge in [-0.15, -0.1) is 0 Å². The molecular formula is C23H31N5O2. The van der Waals surface area contributed by atoms with Gasteiger partial charge in [-0.3, -0.25) is 4.79 Å². The number of carbonyl (C=O) groups is 1. The Bertz CT molecular complexity index is 871. The van der Waals surface area contributed by atoms with Crippen molar-refractivity contribution in [3.05, 3.63) is 47.7 Å². The van der Waals surface area contributed by atoms with Gasteiger partial charge in [-0.1, -0.05) is 30.3 Å². The number of aliphatic hydroxyl groups excluding tert-OH is 1. The minimum Gasteiger partial charge on any atom is -0.391 e. The number of aromatic nitrogens is 2. The first kappa shape index (κ1) is 20.6. The topological polar surface area (TPSA) is 81.6 Å². The number of hydrogen-bond donors (Lipinski definition) is 2. The lowest BCUT2D eigenvalue weighted by molar-refractivity contribution is 0.0946. The molecule has 0 spiro atoms. The van der Waals surface area contributed by atoms with E-state index in [2.05, 4.69) is 34.3 Å². The minimum absolute atomic E-state index is 0.157. The molecule has 1 saturated heterocycles. The summed E-state index contributed by atoms with van der Waals surface area (Å²) in [6.07, 6.45) is 3.57. The monoisotopic (exact) mass is 409 g/mol. The molecule has 1 aliphatic heterocycles. The smallest absolute Gasteiger partial charge is 0.270 e. The van der Waals surface area contributed by atoms with E-state index in [-0.39, 0.29) is 18.1 Å². The summed E-state index contributed by atoms with van der Waals surface area (Å²) in [6, 6.07) is 12.2. The van der Waals surface area contributed by atoms with Gasteiger partial charge in [-0.05, 0) is 44.1 Å². The summed E-state index contributed by atoms with van der Waals surface area (Å²) in [5.74, 6) is 1.69. The number of β-amino-alcohol motifs (C(OH)–C–C–N with tert-alkyl or cyclic N) is 1. The van der Waals surface area contributed by atoms with E-state index < -0.39 is 0 Å². The first-order chi connectivity index (χ1) is 14.5. The third-order valence-electron chi connectivity index (χ3n) is 5.95. The van der Waals surface area contributed by atoms with Gasteiger partial charge in [-0.25, -0.2) is 4.98 Å². The third-order valence-corrected chi connectivity index (χ3v) is 5.95. The molecule has 1 aliphatic carbocycles. The molecule has 1 aromatic heterocycles. The summed E-state index contributed by atoms with van der Waals surface area (Å²) in [6.45, 7) is 4.05. The molecule has 2 aliphatic rings. The molecule has 1 saturated carbocycles. The van der Waals surface area contributed by atoms with E-state index >= 15 is 0 Å². The molecule has 2 atom stereocenters. The van der Waals surface area contributed by atoms with Gasteiger partial charge in [0.25, 0.3) is 5.91 Å². The van der Waals surface area contributed by atoms with Crippen LogP contribution >= 0.6 is 0 Å². The number of nitrogens with one attached hydrogen (secondary N) is 1. The zero-order valence-corrected chi connectivity index (χ0v) is 17.8. The van der Waals surface area contributed by atoms with Crippen molar-refractivity contribution >= 4 is 17.7 Å². The van der Waals surface area contributed by atoms with Crippen molar-refractivity contribution in [3.63, 3.8) is 0 Å². The molecule has 2 aromatic rings. The molecule has 2 fully saturated rings. The maximum absolute atomic E-state index is 12.8. The number of likely N-dealkylation sites (N-methyl/N-ethyl adjacent to an activating group) is 1. The van der Waals surface area contributed by atoms with Crippen LogP contribution in [0.25, 0.3) is 0 Å². The van der Waals surface area contributed by atoms with Gasteiger partial charge in [-0.2, -0.15) is 4.98 Å². The first-order valence-electron chi connectivity index (χ1n) is 10.9. The lowest BCUT2D eigenvalue weighted by atomic mass is 10.1. The highest BCUT2D eigenvalue weighted by atomic mass is 16.3. The van der Waals surface area contributed by atoms with Crippen molar-refractivity contribution < 1.29 is 9.90 Å².